The van der Waals surface area contributed by atoms with Crippen LogP contribution < -0.4 is 14.5 Å². The van der Waals surface area contributed by atoms with E-state index in [1.54, 1.807) is 7.05 Å². The van der Waals surface area contributed by atoms with Crippen LogP contribution in [0.4, 0.5) is 29.3 Å². The van der Waals surface area contributed by atoms with E-state index in [1.807, 2.05) is 63.2 Å². The standard InChI is InChI=1S/C29H32F3N3O4/c1-28(2,3)39-27(37)34(4)23-9-5-19(6-10-23)20-7-11-25(21(15-20)18-36)35-14-13-24(17-35)38-26-12-8-22(16-33-26)29(30,31)32/h5-12,15-16,24,36H,13-14,17-18H2,1-4H3/t24-/m0/s1. The number of aliphatic hydroxyl groups is 1. The number of anilines is 2. The Bertz CT molecular complexity index is 1290. The first-order chi connectivity index (χ1) is 18.3. The number of carbonyl (C=O) groups is 1. The Labute approximate surface area is 225 Å². The lowest BCUT2D eigenvalue weighted by Gasteiger charge is -2.25. The minimum atomic E-state index is -4.44. The fourth-order valence-electron chi connectivity index (χ4n) is 4.35. The van der Waals surface area contributed by atoms with Gasteiger partial charge in [-0.05, 0) is 62.2 Å². The van der Waals surface area contributed by atoms with E-state index in [0.29, 0.717) is 25.2 Å². The van der Waals surface area contributed by atoms with Crippen LogP contribution in [0.25, 0.3) is 11.1 Å². The molecule has 1 atom stereocenters. The van der Waals surface area contributed by atoms with Crippen molar-refractivity contribution in [1.29, 1.82) is 0 Å². The zero-order valence-corrected chi connectivity index (χ0v) is 22.3. The van der Waals surface area contributed by atoms with Crippen LogP contribution in [0, 0.1) is 0 Å². The maximum atomic E-state index is 12.8. The molecule has 0 unspecified atom stereocenters. The fraction of sp³-hybridized carbons (Fsp3) is 0.379. The molecule has 3 aromatic rings. The number of halogens is 3. The highest BCUT2D eigenvalue weighted by Gasteiger charge is 2.31. The van der Waals surface area contributed by atoms with E-state index in [0.717, 1.165) is 34.6 Å². The van der Waals surface area contributed by atoms with Gasteiger partial charge in [-0.3, -0.25) is 4.90 Å². The number of hydrogen-bond acceptors (Lipinski definition) is 6. The van der Waals surface area contributed by atoms with E-state index in [1.165, 1.54) is 11.0 Å². The van der Waals surface area contributed by atoms with E-state index in [2.05, 4.69) is 9.88 Å². The lowest BCUT2D eigenvalue weighted by atomic mass is 10.0. The molecular formula is C29H32F3N3O4. The number of aliphatic hydroxyl groups excluding tert-OH is 1. The summed E-state index contributed by atoms with van der Waals surface area (Å²) >= 11 is 0. The third kappa shape index (κ3) is 7.00. The fourth-order valence-corrected chi connectivity index (χ4v) is 4.35. The van der Waals surface area contributed by atoms with E-state index in [9.17, 15) is 23.1 Å². The number of amides is 1. The minimum absolute atomic E-state index is 0.147. The summed E-state index contributed by atoms with van der Waals surface area (Å²) in [7, 11) is 1.66. The summed E-state index contributed by atoms with van der Waals surface area (Å²) in [5, 5.41) is 10.1. The number of alkyl halides is 3. The van der Waals surface area contributed by atoms with Gasteiger partial charge >= 0.3 is 12.3 Å². The van der Waals surface area contributed by atoms with E-state index in [-0.39, 0.29) is 18.6 Å². The number of ether oxygens (including phenoxy) is 2. The zero-order valence-electron chi connectivity index (χ0n) is 22.3. The van der Waals surface area contributed by atoms with Crippen LogP contribution in [0.1, 0.15) is 38.3 Å². The molecule has 1 fully saturated rings. The number of aromatic nitrogens is 1. The van der Waals surface area contributed by atoms with Gasteiger partial charge < -0.3 is 19.5 Å². The van der Waals surface area contributed by atoms with Gasteiger partial charge in [0.1, 0.15) is 11.7 Å². The van der Waals surface area contributed by atoms with Crippen LogP contribution in [0.5, 0.6) is 5.88 Å². The number of nitrogens with zero attached hydrogens (tertiary/aromatic N) is 3. The second kappa shape index (κ2) is 11.1. The molecular weight excluding hydrogens is 511 g/mol. The molecule has 1 aliphatic heterocycles. The number of pyridine rings is 1. The highest BCUT2D eigenvalue weighted by atomic mass is 19.4. The lowest BCUT2D eigenvalue weighted by Crippen LogP contribution is -2.34. The molecule has 0 saturated carbocycles. The Kier molecular flexibility index (Phi) is 8.06. The molecule has 1 amide bonds. The summed E-state index contributed by atoms with van der Waals surface area (Å²) in [4.78, 5) is 19.7. The number of hydrogen-bond donors (Lipinski definition) is 1. The van der Waals surface area contributed by atoms with Gasteiger partial charge in [0.25, 0.3) is 0 Å². The van der Waals surface area contributed by atoms with Crippen molar-refractivity contribution in [3.8, 4) is 17.0 Å². The zero-order chi connectivity index (χ0) is 28.4. The van der Waals surface area contributed by atoms with Crippen molar-refractivity contribution >= 4 is 17.5 Å². The molecule has 1 saturated heterocycles. The van der Waals surface area contributed by atoms with Gasteiger partial charge in [0, 0.05) is 49.2 Å². The first-order valence-electron chi connectivity index (χ1n) is 12.6. The molecule has 0 aliphatic carbocycles. The summed E-state index contributed by atoms with van der Waals surface area (Å²) < 4.78 is 49.6. The van der Waals surface area contributed by atoms with Gasteiger partial charge in [0.15, 0.2) is 0 Å². The third-order valence-electron chi connectivity index (χ3n) is 6.34. The second-order valence-corrected chi connectivity index (χ2v) is 10.4. The molecule has 2 heterocycles. The van der Waals surface area contributed by atoms with Crippen LogP contribution in [-0.4, -0.2) is 48.0 Å². The first-order valence-corrected chi connectivity index (χ1v) is 12.6. The molecule has 7 nitrogen and oxygen atoms in total. The van der Waals surface area contributed by atoms with Crippen molar-refractivity contribution in [2.45, 2.75) is 51.7 Å². The summed E-state index contributed by atoms with van der Waals surface area (Å²) in [6.07, 6.45) is -3.69. The molecule has 208 valence electrons. The third-order valence-corrected chi connectivity index (χ3v) is 6.34. The van der Waals surface area contributed by atoms with Gasteiger partial charge in [0.2, 0.25) is 5.88 Å². The van der Waals surface area contributed by atoms with Gasteiger partial charge in [-0.2, -0.15) is 13.2 Å². The summed E-state index contributed by atoms with van der Waals surface area (Å²) in [5.74, 6) is 0.147. The molecule has 0 bridgehead atoms. The number of benzene rings is 2. The monoisotopic (exact) mass is 543 g/mol. The van der Waals surface area contributed by atoms with Gasteiger partial charge in [-0.1, -0.05) is 18.2 Å². The van der Waals surface area contributed by atoms with Crippen LogP contribution in [0.2, 0.25) is 0 Å². The van der Waals surface area contributed by atoms with Crippen LogP contribution in [0.15, 0.2) is 60.8 Å². The molecule has 0 radical (unpaired) electrons. The van der Waals surface area contributed by atoms with Crippen molar-refractivity contribution in [2.75, 3.05) is 29.9 Å². The average molecular weight is 544 g/mol. The normalized spacial score (nSPS) is 15.8. The van der Waals surface area contributed by atoms with Gasteiger partial charge in [0.05, 0.1) is 18.7 Å². The maximum absolute atomic E-state index is 12.8. The van der Waals surface area contributed by atoms with Crippen molar-refractivity contribution in [1.82, 2.24) is 4.98 Å². The predicted octanol–water partition coefficient (Wildman–Crippen LogP) is 6.29. The highest BCUT2D eigenvalue weighted by molar-refractivity contribution is 5.87. The predicted molar refractivity (Wildman–Crippen MR) is 143 cm³/mol. The smallest absolute Gasteiger partial charge is 0.417 e. The average Bonchev–Trinajstić information content (AvgIpc) is 3.35. The number of rotatable bonds is 6. The van der Waals surface area contributed by atoms with Crippen molar-refractivity contribution in [2.24, 2.45) is 0 Å². The summed E-state index contributed by atoms with van der Waals surface area (Å²) in [6, 6.07) is 15.5. The largest absolute Gasteiger partial charge is 0.472 e. The topological polar surface area (TPSA) is 75.1 Å². The Morgan fingerprint density at radius 3 is 2.36 bits per heavy atom. The van der Waals surface area contributed by atoms with Crippen LogP contribution >= 0.6 is 0 Å². The molecule has 39 heavy (non-hydrogen) atoms. The first kappa shape index (κ1) is 28.2. The van der Waals surface area contributed by atoms with Gasteiger partial charge in [-0.25, -0.2) is 9.78 Å². The Hall–Kier alpha value is -3.79. The van der Waals surface area contributed by atoms with E-state index < -0.39 is 23.4 Å². The lowest BCUT2D eigenvalue weighted by molar-refractivity contribution is -0.137. The van der Waals surface area contributed by atoms with Gasteiger partial charge in [-0.15, -0.1) is 0 Å². The summed E-state index contributed by atoms with van der Waals surface area (Å²) in [5.41, 5.74) is 2.74. The highest BCUT2D eigenvalue weighted by Crippen LogP contribution is 2.33. The SMILES string of the molecule is CN(C(=O)OC(C)(C)C)c1ccc(-c2ccc(N3CC[C@H](Oc4ccc(C(F)(F)F)cn4)C3)c(CO)c2)cc1. The van der Waals surface area contributed by atoms with Crippen LogP contribution in [0.3, 0.4) is 0 Å². The molecule has 2 aromatic carbocycles. The maximum Gasteiger partial charge on any atom is 0.417 e. The number of carbonyl (C=O) groups excluding carboxylic acids is 1. The molecule has 4 rings (SSSR count). The second-order valence-electron chi connectivity index (χ2n) is 10.4. The Morgan fingerprint density at radius 1 is 1.08 bits per heavy atom. The van der Waals surface area contributed by atoms with Crippen molar-refractivity contribution < 1.29 is 32.5 Å². The molecule has 0 spiro atoms. The Balaban J connectivity index is 1.42. The Morgan fingerprint density at radius 2 is 1.77 bits per heavy atom. The molecule has 1 aromatic heterocycles. The summed E-state index contributed by atoms with van der Waals surface area (Å²) in [6.45, 7) is 6.47. The van der Waals surface area contributed by atoms with Crippen LogP contribution in [-0.2, 0) is 17.5 Å². The quantitative estimate of drug-likeness (QED) is 0.394. The molecule has 1 N–H and O–H groups in total. The van der Waals surface area contributed by atoms with Crippen molar-refractivity contribution in [3.63, 3.8) is 0 Å². The molecule has 10 heteroatoms. The minimum Gasteiger partial charge on any atom is -0.472 e. The van der Waals surface area contributed by atoms with E-state index in [4.69, 9.17) is 9.47 Å². The van der Waals surface area contributed by atoms with E-state index >= 15 is 0 Å². The van der Waals surface area contributed by atoms with Crippen molar-refractivity contribution in [3.05, 3.63) is 71.9 Å². The molecule has 1 aliphatic rings.